The lowest BCUT2D eigenvalue weighted by atomic mass is 9.90. The van der Waals surface area contributed by atoms with E-state index >= 15 is 0 Å². The van der Waals surface area contributed by atoms with Crippen molar-refractivity contribution in [3.05, 3.63) is 41.3 Å². The largest absolute Gasteiger partial charge is 0.493 e. The van der Waals surface area contributed by atoms with Gasteiger partial charge in [-0.2, -0.15) is 0 Å². The Kier molecular flexibility index (Phi) is 5.21. The maximum Gasteiger partial charge on any atom is 0.348 e. The van der Waals surface area contributed by atoms with Gasteiger partial charge in [-0.05, 0) is 32.9 Å². The van der Waals surface area contributed by atoms with E-state index in [0.717, 1.165) is 17.1 Å². The maximum absolute atomic E-state index is 12.1. The summed E-state index contributed by atoms with van der Waals surface area (Å²) in [6.45, 7) is 6.90. The molecule has 1 aliphatic heterocycles. The molecule has 0 spiro atoms. The van der Waals surface area contributed by atoms with Gasteiger partial charge in [0, 0.05) is 37.2 Å². The Bertz CT molecular complexity index is 845. The third-order valence-corrected chi connectivity index (χ3v) is 5.11. The van der Waals surface area contributed by atoms with E-state index in [1.807, 2.05) is 26.8 Å². The van der Waals surface area contributed by atoms with Crippen LogP contribution in [0.2, 0.25) is 0 Å². The average molecular weight is 371 g/mol. The second-order valence-corrected chi connectivity index (χ2v) is 6.84. The summed E-state index contributed by atoms with van der Waals surface area (Å²) in [4.78, 5) is 23.2. The minimum atomic E-state index is -1.28. The maximum atomic E-state index is 12.1. The van der Waals surface area contributed by atoms with Gasteiger partial charge in [-0.25, -0.2) is 14.8 Å². The van der Waals surface area contributed by atoms with Crippen LogP contribution >= 0.6 is 0 Å². The molecule has 1 N–H and O–H groups in total. The molecule has 0 unspecified atom stereocenters. The molecule has 144 valence electrons. The van der Waals surface area contributed by atoms with Crippen LogP contribution in [-0.2, 0) is 4.79 Å². The van der Waals surface area contributed by atoms with Crippen molar-refractivity contribution >= 4 is 11.8 Å². The zero-order chi connectivity index (χ0) is 19.6. The third-order valence-electron chi connectivity index (χ3n) is 5.11. The number of carbonyl (C=O) groups is 1. The van der Waals surface area contributed by atoms with Crippen molar-refractivity contribution in [3.8, 4) is 11.5 Å². The second-order valence-electron chi connectivity index (χ2n) is 6.84. The summed E-state index contributed by atoms with van der Waals surface area (Å²) in [6.07, 6.45) is 0.698. The SMILES string of the molecule is COc1ccccc1OC1(C(=O)O)CCN(c2nc(C)nc(C)c2C)CC1. The highest BCUT2D eigenvalue weighted by molar-refractivity contribution is 5.78. The van der Waals surface area contributed by atoms with Crippen LogP contribution in [0.5, 0.6) is 11.5 Å². The Hall–Kier alpha value is -2.83. The van der Waals surface area contributed by atoms with Gasteiger partial charge in [0.1, 0.15) is 11.6 Å². The van der Waals surface area contributed by atoms with Gasteiger partial charge in [0.05, 0.1) is 7.11 Å². The van der Waals surface area contributed by atoms with Crippen molar-refractivity contribution in [1.82, 2.24) is 9.97 Å². The normalized spacial score (nSPS) is 16.1. The van der Waals surface area contributed by atoms with Crippen molar-refractivity contribution in [2.24, 2.45) is 0 Å². The molecule has 27 heavy (non-hydrogen) atoms. The number of methoxy groups -OCH3 is 1. The molecule has 2 heterocycles. The van der Waals surface area contributed by atoms with Crippen LogP contribution in [0, 0.1) is 20.8 Å². The van der Waals surface area contributed by atoms with Gasteiger partial charge in [-0.3, -0.25) is 0 Å². The number of rotatable bonds is 5. The van der Waals surface area contributed by atoms with Crippen LogP contribution < -0.4 is 14.4 Å². The summed E-state index contributed by atoms with van der Waals surface area (Å²) >= 11 is 0. The number of nitrogens with zero attached hydrogens (tertiary/aromatic N) is 3. The first-order valence-electron chi connectivity index (χ1n) is 8.98. The number of hydrogen-bond acceptors (Lipinski definition) is 6. The fourth-order valence-corrected chi connectivity index (χ4v) is 3.41. The van der Waals surface area contributed by atoms with E-state index in [0.29, 0.717) is 43.3 Å². The Morgan fingerprint density at radius 1 is 1.11 bits per heavy atom. The number of aliphatic carboxylic acids is 1. The number of hydrogen-bond donors (Lipinski definition) is 1. The van der Waals surface area contributed by atoms with Crippen LogP contribution in [-0.4, -0.2) is 46.8 Å². The van der Waals surface area contributed by atoms with E-state index in [4.69, 9.17) is 9.47 Å². The highest BCUT2D eigenvalue weighted by Crippen LogP contribution is 2.36. The summed E-state index contributed by atoms with van der Waals surface area (Å²) in [5, 5.41) is 9.90. The average Bonchev–Trinajstić information content (AvgIpc) is 2.65. The molecule has 0 aliphatic carbocycles. The first-order valence-corrected chi connectivity index (χ1v) is 8.98. The van der Waals surface area contributed by atoms with Crippen LogP contribution in [0.4, 0.5) is 5.82 Å². The molecule has 0 bridgehead atoms. The zero-order valence-electron chi connectivity index (χ0n) is 16.2. The third kappa shape index (κ3) is 3.67. The summed E-state index contributed by atoms with van der Waals surface area (Å²) < 4.78 is 11.3. The Labute approximate surface area is 159 Å². The lowest BCUT2D eigenvalue weighted by Crippen LogP contribution is -2.53. The molecule has 1 fully saturated rings. The van der Waals surface area contributed by atoms with Crippen molar-refractivity contribution < 1.29 is 19.4 Å². The van der Waals surface area contributed by atoms with Crippen LogP contribution in [0.3, 0.4) is 0 Å². The standard InChI is InChI=1S/C20H25N3O4/c1-13-14(2)21-15(3)22-18(13)23-11-9-20(10-12-23,19(24)25)27-17-8-6-5-7-16(17)26-4/h5-8H,9-12H2,1-4H3,(H,24,25). The number of benzene rings is 1. The summed E-state index contributed by atoms with van der Waals surface area (Å²) in [7, 11) is 1.54. The number of ether oxygens (including phenoxy) is 2. The highest BCUT2D eigenvalue weighted by atomic mass is 16.5. The fraction of sp³-hybridized carbons (Fsp3) is 0.450. The first kappa shape index (κ1) is 18.9. The molecule has 0 amide bonds. The molecule has 3 rings (SSSR count). The van der Waals surface area contributed by atoms with Gasteiger partial charge in [0.25, 0.3) is 0 Å². The molecule has 0 radical (unpaired) electrons. The van der Waals surface area contributed by atoms with Crippen LogP contribution in [0.1, 0.15) is 29.9 Å². The number of carboxylic acid groups (broad SMARTS) is 1. The van der Waals surface area contributed by atoms with E-state index in [2.05, 4.69) is 14.9 Å². The van der Waals surface area contributed by atoms with Crippen molar-refractivity contribution in [3.63, 3.8) is 0 Å². The predicted molar refractivity (Wildman–Crippen MR) is 102 cm³/mol. The second kappa shape index (κ2) is 7.42. The molecule has 1 saturated heterocycles. The molecule has 7 nitrogen and oxygen atoms in total. The quantitative estimate of drug-likeness (QED) is 0.865. The van der Waals surface area contributed by atoms with Crippen molar-refractivity contribution in [2.75, 3.05) is 25.1 Å². The van der Waals surface area contributed by atoms with Gasteiger partial charge >= 0.3 is 5.97 Å². The minimum absolute atomic E-state index is 0.349. The lowest BCUT2D eigenvalue weighted by molar-refractivity contribution is -0.157. The minimum Gasteiger partial charge on any atom is -0.493 e. The number of aromatic nitrogens is 2. The Morgan fingerprint density at radius 2 is 1.74 bits per heavy atom. The van der Waals surface area contributed by atoms with Crippen molar-refractivity contribution in [2.45, 2.75) is 39.2 Å². The van der Waals surface area contributed by atoms with E-state index in [-0.39, 0.29) is 0 Å². The molecule has 0 atom stereocenters. The molecular formula is C20H25N3O4. The topological polar surface area (TPSA) is 84.8 Å². The molecule has 1 aliphatic rings. The Morgan fingerprint density at radius 3 is 2.33 bits per heavy atom. The summed E-state index contributed by atoms with van der Waals surface area (Å²) in [5.74, 6) is 1.60. The first-order chi connectivity index (χ1) is 12.9. The smallest absolute Gasteiger partial charge is 0.348 e. The van der Waals surface area contributed by atoms with Crippen molar-refractivity contribution in [1.29, 1.82) is 0 Å². The van der Waals surface area contributed by atoms with Gasteiger partial charge in [-0.1, -0.05) is 12.1 Å². The highest BCUT2D eigenvalue weighted by Gasteiger charge is 2.45. The molecule has 2 aromatic rings. The fourth-order valence-electron chi connectivity index (χ4n) is 3.41. The van der Waals surface area contributed by atoms with E-state index < -0.39 is 11.6 Å². The van der Waals surface area contributed by atoms with E-state index in [1.165, 1.54) is 0 Å². The van der Waals surface area contributed by atoms with Gasteiger partial charge < -0.3 is 19.5 Å². The summed E-state index contributed by atoms with van der Waals surface area (Å²) in [5.41, 5.74) is 0.683. The summed E-state index contributed by atoms with van der Waals surface area (Å²) in [6, 6.07) is 7.12. The lowest BCUT2D eigenvalue weighted by Gasteiger charge is -2.40. The molecule has 7 heteroatoms. The Balaban J connectivity index is 1.83. The molecule has 1 aromatic carbocycles. The number of para-hydroxylation sites is 2. The van der Waals surface area contributed by atoms with Crippen LogP contribution in [0.15, 0.2) is 24.3 Å². The molecule has 1 aromatic heterocycles. The zero-order valence-corrected chi connectivity index (χ0v) is 16.2. The number of anilines is 1. The number of aryl methyl sites for hydroxylation is 2. The van der Waals surface area contributed by atoms with Gasteiger partial charge in [0.15, 0.2) is 11.5 Å². The molecular weight excluding hydrogens is 346 g/mol. The van der Waals surface area contributed by atoms with E-state index in [1.54, 1.807) is 25.3 Å². The van der Waals surface area contributed by atoms with Gasteiger partial charge in [-0.15, -0.1) is 0 Å². The molecule has 0 saturated carbocycles. The van der Waals surface area contributed by atoms with Crippen LogP contribution in [0.25, 0.3) is 0 Å². The monoisotopic (exact) mass is 371 g/mol. The number of carboxylic acids is 1. The van der Waals surface area contributed by atoms with Gasteiger partial charge in [0.2, 0.25) is 5.60 Å². The van der Waals surface area contributed by atoms with E-state index in [9.17, 15) is 9.90 Å². The number of piperidine rings is 1. The predicted octanol–water partition coefficient (Wildman–Crippen LogP) is 2.91.